The zero-order valence-corrected chi connectivity index (χ0v) is 21.0. The Labute approximate surface area is 202 Å². The van der Waals surface area contributed by atoms with Crippen molar-refractivity contribution in [3.63, 3.8) is 0 Å². The van der Waals surface area contributed by atoms with Crippen molar-refractivity contribution in [2.75, 3.05) is 58.9 Å². The minimum Gasteiger partial charge on any atom is -0.369 e. The number of carbonyl (C=O) groups is 1. The highest BCUT2D eigenvalue weighted by atomic mass is 127. The molecular weight excluding hydrogens is 509 g/mol. The minimum absolute atomic E-state index is 0. The third kappa shape index (κ3) is 8.57. The van der Waals surface area contributed by atoms with E-state index in [1.54, 1.807) is 6.26 Å². The number of nitrogens with one attached hydrogen (secondary N) is 1. The Morgan fingerprint density at radius 3 is 2.55 bits per heavy atom. The van der Waals surface area contributed by atoms with Crippen LogP contribution in [0.4, 0.5) is 0 Å². The number of piperidine rings is 1. The van der Waals surface area contributed by atoms with Crippen LogP contribution >= 0.6 is 24.0 Å². The Bertz CT molecular complexity index is 655. The number of hydrogen-bond acceptors (Lipinski definition) is 6. The van der Waals surface area contributed by atoms with Crippen molar-refractivity contribution >= 4 is 35.8 Å². The molecule has 0 saturated carbocycles. The van der Waals surface area contributed by atoms with Gasteiger partial charge in [-0.1, -0.05) is 5.16 Å². The summed E-state index contributed by atoms with van der Waals surface area (Å²) >= 11 is 0. The number of nitrogens with two attached hydrogens (primary N) is 1. The van der Waals surface area contributed by atoms with Crippen molar-refractivity contribution in [1.82, 2.24) is 25.2 Å². The lowest BCUT2D eigenvalue weighted by Crippen LogP contribution is -2.52. The molecule has 3 heterocycles. The molecule has 2 aliphatic heterocycles. The summed E-state index contributed by atoms with van der Waals surface area (Å²) in [5.74, 6) is 0.963. The molecule has 9 nitrogen and oxygen atoms in total. The molecule has 31 heavy (non-hydrogen) atoms. The average Bonchev–Trinajstić information content (AvgIpc) is 3.27. The number of unbranched alkanes of at least 4 members (excludes halogenated alkanes) is 1. The van der Waals surface area contributed by atoms with Gasteiger partial charge in [0.15, 0.2) is 5.96 Å². The lowest BCUT2D eigenvalue weighted by molar-refractivity contribution is -0.123. The van der Waals surface area contributed by atoms with Gasteiger partial charge < -0.3 is 25.4 Å². The van der Waals surface area contributed by atoms with Gasteiger partial charge in [0.2, 0.25) is 5.91 Å². The summed E-state index contributed by atoms with van der Waals surface area (Å²) in [5.41, 5.74) is 6.40. The van der Waals surface area contributed by atoms with E-state index in [-0.39, 0.29) is 35.8 Å². The quantitative estimate of drug-likeness (QED) is 0.208. The van der Waals surface area contributed by atoms with Gasteiger partial charge in [-0.05, 0) is 52.2 Å². The lowest BCUT2D eigenvalue weighted by atomic mass is 9.96. The van der Waals surface area contributed by atoms with Gasteiger partial charge in [0.05, 0.1) is 5.69 Å². The molecule has 0 atom stereocenters. The molecule has 2 fully saturated rings. The number of halogens is 1. The first-order valence-electron chi connectivity index (χ1n) is 11.3. The van der Waals surface area contributed by atoms with E-state index in [1.807, 2.05) is 6.07 Å². The van der Waals surface area contributed by atoms with E-state index < -0.39 is 0 Å². The summed E-state index contributed by atoms with van der Waals surface area (Å²) in [6.07, 6.45) is 5.65. The monoisotopic (exact) mass is 547 g/mol. The van der Waals surface area contributed by atoms with Crippen LogP contribution in [-0.4, -0.2) is 90.6 Å². The number of aliphatic imine (C=N–C) groups is 1. The number of aromatic nitrogens is 1. The first-order chi connectivity index (χ1) is 14.7. The maximum Gasteiger partial charge on any atom is 0.220 e. The zero-order chi connectivity index (χ0) is 21.2. The molecule has 0 spiro atoms. The van der Waals surface area contributed by atoms with Crippen molar-refractivity contribution in [2.24, 2.45) is 16.6 Å². The second kappa shape index (κ2) is 13.9. The Morgan fingerprint density at radius 2 is 1.94 bits per heavy atom. The standard InChI is InChI=1S/C21H37N7O2.HI/c1-2-23-21(28-14-12-27(13-15-28)17-19-7-16-30-25-19)24-8-3-4-9-26-10-5-18(6-11-26)20(22)29;/h7,16,18H,2-6,8-15,17H2,1H3,(H2,22,29)(H,23,24);1H. The second-order valence-electron chi connectivity index (χ2n) is 8.22. The fourth-order valence-electron chi connectivity index (χ4n) is 4.17. The topological polar surface area (TPSA) is 103 Å². The Hall–Kier alpha value is -1.40. The highest BCUT2D eigenvalue weighted by Gasteiger charge is 2.23. The van der Waals surface area contributed by atoms with E-state index in [1.165, 1.54) is 0 Å². The van der Waals surface area contributed by atoms with Gasteiger partial charge in [-0.15, -0.1) is 24.0 Å². The number of likely N-dealkylation sites (tertiary alicyclic amines) is 1. The Kier molecular flexibility index (Phi) is 11.6. The molecule has 3 N–H and O–H groups in total. The average molecular weight is 547 g/mol. The van der Waals surface area contributed by atoms with Crippen LogP contribution in [0.1, 0.15) is 38.3 Å². The van der Waals surface area contributed by atoms with Gasteiger partial charge in [-0.25, -0.2) is 0 Å². The summed E-state index contributed by atoms with van der Waals surface area (Å²) in [6, 6.07) is 1.93. The SMILES string of the molecule is CCNC(=NCCCCN1CCC(C(N)=O)CC1)N1CCN(Cc2ccon2)CC1.I. The van der Waals surface area contributed by atoms with E-state index in [2.05, 4.69) is 32.1 Å². The predicted octanol–water partition coefficient (Wildman–Crippen LogP) is 1.35. The van der Waals surface area contributed by atoms with Crippen LogP contribution in [0.15, 0.2) is 21.8 Å². The van der Waals surface area contributed by atoms with Crippen molar-refractivity contribution in [3.8, 4) is 0 Å². The number of rotatable bonds is 9. The zero-order valence-electron chi connectivity index (χ0n) is 18.7. The summed E-state index contributed by atoms with van der Waals surface area (Å²) in [7, 11) is 0. The molecule has 0 bridgehead atoms. The maximum absolute atomic E-state index is 11.3. The molecule has 1 amide bonds. The molecule has 10 heteroatoms. The lowest BCUT2D eigenvalue weighted by Gasteiger charge is -2.36. The maximum atomic E-state index is 11.3. The van der Waals surface area contributed by atoms with Crippen molar-refractivity contribution < 1.29 is 9.32 Å². The largest absolute Gasteiger partial charge is 0.369 e. The third-order valence-corrected chi connectivity index (χ3v) is 6.02. The van der Waals surface area contributed by atoms with Crippen LogP contribution in [0.25, 0.3) is 0 Å². The smallest absolute Gasteiger partial charge is 0.220 e. The number of piperazine rings is 1. The molecule has 0 radical (unpaired) electrons. The van der Waals surface area contributed by atoms with E-state index >= 15 is 0 Å². The molecular formula is C21H38IN7O2. The van der Waals surface area contributed by atoms with E-state index in [0.29, 0.717) is 0 Å². The summed E-state index contributed by atoms with van der Waals surface area (Å²) in [4.78, 5) is 23.3. The molecule has 0 aliphatic carbocycles. The van der Waals surface area contributed by atoms with Gasteiger partial charge in [0, 0.05) is 57.8 Å². The molecule has 2 aliphatic rings. The van der Waals surface area contributed by atoms with Crippen LogP contribution < -0.4 is 11.1 Å². The molecule has 0 unspecified atom stereocenters. The highest BCUT2D eigenvalue weighted by Crippen LogP contribution is 2.17. The predicted molar refractivity (Wildman–Crippen MR) is 132 cm³/mol. The summed E-state index contributed by atoms with van der Waals surface area (Å²) < 4.78 is 4.93. The number of hydrogen-bond donors (Lipinski definition) is 2. The molecule has 2 saturated heterocycles. The highest BCUT2D eigenvalue weighted by molar-refractivity contribution is 14.0. The first-order valence-corrected chi connectivity index (χ1v) is 11.3. The molecule has 1 aromatic heterocycles. The Morgan fingerprint density at radius 1 is 1.19 bits per heavy atom. The fourth-order valence-corrected chi connectivity index (χ4v) is 4.17. The first kappa shape index (κ1) is 25.9. The normalized spacial score (nSPS) is 19.3. The van der Waals surface area contributed by atoms with Crippen LogP contribution in [0, 0.1) is 5.92 Å². The van der Waals surface area contributed by atoms with Crippen molar-refractivity contribution in [2.45, 2.75) is 39.2 Å². The van der Waals surface area contributed by atoms with Gasteiger partial charge in [-0.2, -0.15) is 0 Å². The second-order valence-corrected chi connectivity index (χ2v) is 8.22. The van der Waals surface area contributed by atoms with Crippen LogP contribution in [-0.2, 0) is 11.3 Å². The molecule has 1 aromatic rings. The molecule has 3 rings (SSSR count). The third-order valence-electron chi connectivity index (χ3n) is 6.02. The number of guanidine groups is 1. The van der Waals surface area contributed by atoms with E-state index in [0.717, 1.165) is 103 Å². The Balaban J connectivity index is 0.00000341. The van der Waals surface area contributed by atoms with Crippen LogP contribution in [0.2, 0.25) is 0 Å². The van der Waals surface area contributed by atoms with Gasteiger partial charge in [0.1, 0.15) is 6.26 Å². The molecule has 176 valence electrons. The van der Waals surface area contributed by atoms with Crippen molar-refractivity contribution in [1.29, 1.82) is 0 Å². The van der Waals surface area contributed by atoms with E-state index in [4.69, 9.17) is 15.2 Å². The fraction of sp³-hybridized carbons (Fsp3) is 0.762. The van der Waals surface area contributed by atoms with Crippen LogP contribution in [0.5, 0.6) is 0 Å². The van der Waals surface area contributed by atoms with Crippen LogP contribution in [0.3, 0.4) is 0 Å². The molecule has 0 aromatic carbocycles. The number of carbonyl (C=O) groups excluding carboxylic acids is 1. The van der Waals surface area contributed by atoms with Crippen molar-refractivity contribution in [3.05, 3.63) is 18.0 Å². The van der Waals surface area contributed by atoms with Gasteiger partial charge in [-0.3, -0.25) is 14.7 Å². The van der Waals surface area contributed by atoms with E-state index in [9.17, 15) is 4.79 Å². The van der Waals surface area contributed by atoms with Gasteiger partial charge >= 0.3 is 0 Å². The van der Waals surface area contributed by atoms with Gasteiger partial charge in [0.25, 0.3) is 0 Å². The number of amides is 1. The summed E-state index contributed by atoms with van der Waals surface area (Å²) in [6.45, 7) is 11.7. The summed E-state index contributed by atoms with van der Waals surface area (Å²) in [5, 5.41) is 7.45. The number of nitrogens with zero attached hydrogens (tertiary/aromatic N) is 5. The number of primary amides is 1. The minimum atomic E-state index is -0.140.